The number of carbonyl (C=O) groups is 2. The Kier molecular flexibility index (Phi) is 4.93. The number of rotatable bonds is 6. The van der Waals surface area contributed by atoms with Crippen molar-refractivity contribution in [1.82, 2.24) is 15.1 Å². The van der Waals surface area contributed by atoms with E-state index in [1.54, 1.807) is 24.7 Å². The summed E-state index contributed by atoms with van der Waals surface area (Å²) in [6, 6.07) is 9.33. The fourth-order valence-electron chi connectivity index (χ4n) is 2.11. The summed E-state index contributed by atoms with van der Waals surface area (Å²) in [6.45, 7) is 3.56. The number of carboxylic acid groups (broad SMARTS) is 1. The molecule has 0 saturated heterocycles. The summed E-state index contributed by atoms with van der Waals surface area (Å²) in [4.78, 5) is 22.8. The van der Waals surface area contributed by atoms with Crippen LogP contribution < -0.4 is 5.32 Å². The molecule has 116 valence electrons. The number of aromatic nitrogens is 2. The van der Waals surface area contributed by atoms with E-state index >= 15 is 0 Å². The third-order valence-corrected chi connectivity index (χ3v) is 3.33. The maximum Gasteiger partial charge on any atom is 0.303 e. The second-order valence-corrected chi connectivity index (χ2v) is 5.22. The van der Waals surface area contributed by atoms with Crippen LogP contribution in [0.5, 0.6) is 0 Å². The summed E-state index contributed by atoms with van der Waals surface area (Å²) in [6.07, 6.45) is 2.11. The maximum atomic E-state index is 12.3. The molecular formula is C16H19N3O3. The number of para-hydroxylation sites is 1. The minimum atomic E-state index is -0.867. The Morgan fingerprint density at radius 3 is 2.64 bits per heavy atom. The second-order valence-electron chi connectivity index (χ2n) is 5.22. The Labute approximate surface area is 128 Å². The van der Waals surface area contributed by atoms with E-state index in [0.29, 0.717) is 17.7 Å². The highest BCUT2D eigenvalue weighted by atomic mass is 16.4. The predicted octanol–water partition coefficient (Wildman–Crippen LogP) is 2.16. The largest absolute Gasteiger partial charge is 0.481 e. The standard InChI is InChI=1S/C16H19N3O3/c1-11(8-9-15(20)21)17-16(22)14-10-19(18-12(14)2)13-6-4-3-5-7-13/h3-7,10-11H,8-9H2,1-2H3,(H,17,22)(H,20,21). The van der Waals surface area contributed by atoms with Crippen molar-refractivity contribution in [3.05, 3.63) is 47.8 Å². The summed E-state index contributed by atoms with van der Waals surface area (Å²) in [7, 11) is 0. The first-order valence-corrected chi connectivity index (χ1v) is 7.11. The molecule has 0 saturated carbocycles. The van der Waals surface area contributed by atoms with Gasteiger partial charge >= 0.3 is 5.97 Å². The number of aliphatic carboxylic acids is 1. The first kappa shape index (κ1) is 15.8. The van der Waals surface area contributed by atoms with E-state index in [1.165, 1.54) is 0 Å². The molecule has 2 N–H and O–H groups in total. The molecular weight excluding hydrogens is 282 g/mol. The second kappa shape index (κ2) is 6.89. The van der Waals surface area contributed by atoms with Gasteiger partial charge in [0.25, 0.3) is 5.91 Å². The molecule has 1 atom stereocenters. The monoisotopic (exact) mass is 301 g/mol. The van der Waals surface area contributed by atoms with Gasteiger partial charge in [-0.15, -0.1) is 0 Å². The van der Waals surface area contributed by atoms with Gasteiger partial charge < -0.3 is 10.4 Å². The van der Waals surface area contributed by atoms with Crippen molar-refractivity contribution in [2.24, 2.45) is 0 Å². The molecule has 0 aliphatic heterocycles. The maximum absolute atomic E-state index is 12.3. The van der Waals surface area contributed by atoms with Crippen LogP contribution in [0.3, 0.4) is 0 Å². The average Bonchev–Trinajstić information content (AvgIpc) is 2.88. The van der Waals surface area contributed by atoms with Gasteiger partial charge in [-0.2, -0.15) is 5.10 Å². The number of hydrogen-bond acceptors (Lipinski definition) is 3. The Morgan fingerprint density at radius 1 is 1.32 bits per heavy atom. The number of nitrogens with zero attached hydrogens (tertiary/aromatic N) is 2. The number of benzene rings is 1. The van der Waals surface area contributed by atoms with E-state index in [-0.39, 0.29) is 18.4 Å². The molecule has 0 spiro atoms. The predicted molar refractivity (Wildman–Crippen MR) is 82.1 cm³/mol. The average molecular weight is 301 g/mol. The Hall–Kier alpha value is -2.63. The number of carboxylic acids is 1. The van der Waals surface area contributed by atoms with Gasteiger partial charge in [0.15, 0.2) is 0 Å². The molecule has 0 bridgehead atoms. The lowest BCUT2D eigenvalue weighted by atomic mass is 10.1. The van der Waals surface area contributed by atoms with Crippen molar-refractivity contribution in [2.45, 2.75) is 32.7 Å². The minimum absolute atomic E-state index is 0.0315. The van der Waals surface area contributed by atoms with E-state index in [4.69, 9.17) is 5.11 Å². The molecule has 2 aromatic rings. The highest BCUT2D eigenvalue weighted by molar-refractivity contribution is 5.95. The normalized spacial score (nSPS) is 11.9. The lowest BCUT2D eigenvalue weighted by Crippen LogP contribution is -2.33. The fraction of sp³-hybridized carbons (Fsp3) is 0.312. The Morgan fingerprint density at radius 2 is 2.00 bits per heavy atom. The first-order chi connectivity index (χ1) is 10.5. The van der Waals surface area contributed by atoms with Crippen molar-refractivity contribution >= 4 is 11.9 Å². The van der Waals surface area contributed by atoms with Gasteiger partial charge in [0.1, 0.15) is 0 Å². The summed E-state index contributed by atoms with van der Waals surface area (Å²) < 4.78 is 1.66. The minimum Gasteiger partial charge on any atom is -0.481 e. The molecule has 0 aliphatic rings. The van der Waals surface area contributed by atoms with Crippen LogP contribution in [0.2, 0.25) is 0 Å². The zero-order valence-electron chi connectivity index (χ0n) is 12.6. The van der Waals surface area contributed by atoms with E-state index in [0.717, 1.165) is 5.69 Å². The molecule has 1 amide bonds. The smallest absolute Gasteiger partial charge is 0.303 e. The molecule has 22 heavy (non-hydrogen) atoms. The summed E-state index contributed by atoms with van der Waals surface area (Å²) in [5, 5.41) is 15.8. The van der Waals surface area contributed by atoms with Crippen LogP contribution in [-0.2, 0) is 4.79 Å². The van der Waals surface area contributed by atoms with Crippen LogP contribution in [0.1, 0.15) is 35.8 Å². The Balaban J connectivity index is 2.07. The molecule has 1 unspecified atom stereocenters. The van der Waals surface area contributed by atoms with Crippen molar-refractivity contribution in [2.75, 3.05) is 0 Å². The zero-order valence-corrected chi connectivity index (χ0v) is 12.6. The third-order valence-electron chi connectivity index (χ3n) is 3.33. The SMILES string of the molecule is Cc1nn(-c2ccccc2)cc1C(=O)NC(C)CCC(=O)O. The molecule has 1 aromatic heterocycles. The van der Waals surface area contributed by atoms with Gasteiger partial charge in [0.2, 0.25) is 0 Å². The number of hydrogen-bond donors (Lipinski definition) is 2. The van der Waals surface area contributed by atoms with Gasteiger partial charge in [0.05, 0.1) is 16.9 Å². The highest BCUT2D eigenvalue weighted by Gasteiger charge is 2.16. The van der Waals surface area contributed by atoms with Gasteiger partial charge in [-0.25, -0.2) is 4.68 Å². The first-order valence-electron chi connectivity index (χ1n) is 7.11. The third kappa shape index (κ3) is 3.94. The molecule has 0 fully saturated rings. The lowest BCUT2D eigenvalue weighted by Gasteiger charge is -2.12. The van der Waals surface area contributed by atoms with Crippen LogP contribution in [0.4, 0.5) is 0 Å². The van der Waals surface area contributed by atoms with Gasteiger partial charge in [0, 0.05) is 18.7 Å². The quantitative estimate of drug-likeness (QED) is 0.856. The summed E-state index contributed by atoms with van der Waals surface area (Å²) in [5.41, 5.74) is 2.00. The number of nitrogens with one attached hydrogen (secondary N) is 1. The molecule has 6 nitrogen and oxygen atoms in total. The Bertz CT molecular complexity index is 665. The van der Waals surface area contributed by atoms with Crippen LogP contribution in [0.25, 0.3) is 5.69 Å². The van der Waals surface area contributed by atoms with E-state index in [9.17, 15) is 9.59 Å². The van der Waals surface area contributed by atoms with Crippen molar-refractivity contribution in [3.8, 4) is 5.69 Å². The summed E-state index contributed by atoms with van der Waals surface area (Å²) >= 11 is 0. The lowest BCUT2D eigenvalue weighted by molar-refractivity contribution is -0.137. The van der Waals surface area contributed by atoms with Gasteiger partial charge in [-0.1, -0.05) is 18.2 Å². The highest BCUT2D eigenvalue weighted by Crippen LogP contribution is 2.12. The number of aryl methyl sites for hydroxylation is 1. The molecule has 0 radical (unpaired) electrons. The molecule has 1 aromatic carbocycles. The topological polar surface area (TPSA) is 84.2 Å². The van der Waals surface area contributed by atoms with Crippen molar-refractivity contribution < 1.29 is 14.7 Å². The molecule has 1 heterocycles. The van der Waals surface area contributed by atoms with Gasteiger partial charge in [-0.05, 0) is 32.4 Å². The molecule has 0 aliphatic carbocycles. The van der Waals surface area contributed by atoms with Crippen molar-refractivity contribution in [1.29, 1.82) is 0 Å². The van der Waals surface area contributed by atoms with Crippen LogP contribution in [0.15, 0.2) is 36.5 Å². The molecule has 6 heteroatoms. The van der Waals surface area contributed by atoms with Crippen molar-refractivity contribution in [3.63, 3.8) is 0 Å². The fourth-order valence-corrected chi connectivity index (χ4v) is 2.11. The molecule has 2 rings (SSSR count). The number of amides is 1. The van der Waals surface area contributed by atoms with E-state index < -0.39 is 5.97 Å². The van der Waals surface area contributed by atoms with Crippen LogP contribution in [-0.4, -0.2) is 32.8 Å². The van der Waals surface area contributed by atoms with E-state index in [2.05, 4.69) is 10.4 Å². The number of carbonyl (C=O) groups excluding carboxylic acids is 1. The van der Waals surface area contributed by atoms with Crippen LogP contribution in [0, 0.1) is 6.92 Å². The van der Waals surface area contributed by atoms with Gasteiger partial charge in [-0.3, -0.25) is 9.59 Å². The zero-order chi connectivity index (χ0) is 16.1. The summed E-state index contributed by atoms with van der Waals surface area (Å²) in [5.74, 6) is -1.10. The van der Waals surface area contributed by atoms with E-state index in [1.807, 2.05) is 30.3 Å². The van der Waals surface area contributed by atoms with Crippen LogP contribution >= 0.6 is 0 Å².